The molecule has 1 aromatic rings. The molecule has 2 aliphatic heterocycles. The van der Waals surface area contributed by atoms with E-state index in [1.165, 1.54) is 0 Å². The van der Waals surface area contributed by atoms with Crippen molar-refractivity contribution in [2.45, 2.75) is 38.8 Å². The number of nitrogens with one attached hydrogen (secondary N) is 1. The Bertz CT molecular complexity index is 600. The third-order valence-corrected chi connectivity index (χ3v) is 5.18. The summed E-state index contributed by atoms with van der Waals surface area (Å²) in [6, 6.07) is 6.47. The van der Waals surface area contributed by atoms with Gasteiger partial charge in [0.25, 0.3) is 0 Å². The number of hydrogen-bond donors (Lipinski definition) is 1. The lowest BCUT2D eigenvalue weighted by atomic mass is 9.93. The average molecular weight is 316 g/mol. The molecule has 1 saturated carbocycles. The Balaban J connectivity index is 1.33. The second-order valence-electron chi connectivity index (χ2n) is 6.96. The van der Waals surface area contributed by atoms with E-state index in [-0.39, 0.29) is 0 Å². The van der Waals surface area contributed by atoms with Crippen molar-refractivity contribution in [2.75, 3.05) is 19.9 Å². The molecule has 0 unspecified atom stereocenters. The predicted octanol–water partition coefficient (Wildman–Crippen LogP) is 2.15. The van der Waals surface area contributed by atoms with Crippen LogP contribution in [0.3, 0.4) is 0 Å². The summed E-state index contributed by atoms with van der Waals surface area (Å²) in [5, 5.41) is 3.65. The van der Waals surface area contributed by atoms with Gasteiger partial charge in [-0.3, -0.25) is 4.79 Å². The number of carbonyl (C=O) groups excluding carboxylic acids is 1. The number of carbonyl (C=O) groups is 1. The molecule has 124 valence electrons. The molecule has 0 spiro atoms. The quantitative estimate of drug-likeness (QED) is 0.925. The number of nitrogens with zero attached hydrogens (tertiary/aromatic N) is 1. The first-order valence-electron chi connectivity index (χ1n) is 8.62. The highest BCUT2D eigenvalue weighted by molar-refractivity contribution is 5.81. The smallest absolute Gasteiger partial charge is 0.231 e. The molecule has 3 aliphatic rings. The van der Waals surface area contributed by atoms with Crippen LogP contribution in [0.4, 0.5) is 0 Å². The predicted molar refractivity (Wildman–Crippen MR) is 86.3 cm³/mol. The molecule has 1 saturated heterocycles. The average Bonchev–Trinajstić information content (AvgIpc) is 3.30. The Morgan fingerprint density at radius 1 is 1.30 bits per heavy atom. The molecule has 5 nitrogen and oxygen atoms in total. The van der Waals surface area contributed by atoms with Crippen LogP contribution < -0.4 is 14.8 Å². The van der Waals surface area contributed by atoms with E-state index in [1.54, 1.807) is 0 Å². The van der Waals surface area contributed by atoms with E-state index in [4.69, 9.17) is 9.47 Å². The van der Waals surface area contributed by atoms with Crippen molar-refractivity contribution in [3.8, 4) is 11.5 Å². The van der Waals surface area contributed by atoms with Crippen LogP contribution in [0, 0.1) is 11.8 Å². The van der Waals surface area contributed by atoms with Crippen molar-refractivity contribution >= 4 is 5.91 Å². The summed E-state index contributed by atoms with van der Waals surface area (Å²) in [6.45, 7) is 5.07. The lowest BCUT2D eigenvalue weighted by Crippen LogP contribution is -2.50. The summed E-state index contributed by atoms with van der Waals surface area (Å²) in [7, 11) is 0. The van der Waals surface area contributed by atoms with Gasteiger partial charge in [-0.1, -0.05) is 19.1 Å². The van der Waals surface area contributed by atoms with E-state index in [1.807, 2.05) is 12.1 Å². The Hall–Kier alpha value is -1.75. The molecule has 0 aromatic heterocycles. The molecule has 1 aromatic carbocycles. The van der Waals surface area contributed by atoms with E-state index in [0.717, 1.165) is 56.0 Å². The van der Waals surface area contributed by atoms with Gasteiger partial charge in [0.05, 0.1) is 0 Å². The minimum absolute atomic E-state index is 0.310. The molecule has 2 atom stereocenters. The molecule has 2 fully saturated rings. The fourth-order valence-electron chi connectivity index (χ4n) is 3.61. The Labute approximate surface area is 136 Å². The summed E-state index contributed by atoms with van der Waals surface area (Å²) >= 11 is 0. The molecule has 1 amide bonds. The Morgan fingerprint density at radius 2 is 2.17 bits per heavy atom. The third-order valence-electron chi connectivity index (χ3n) is 5.18. The van der Waals surface area contributed by atoms with Gasteiger partial charge in [0.2, 0.25) is 12.7 Å². The van der Waals surface area contributed by atoms with Crippen LogP contribution in [0.25, 0.3) is 0 Å². The summed E-state index contributed by atoms with van der Waals surface area (Å²) < 4.78 is 11.0. The molecule has 4 rings (SSSR count). The van der Waals surface area contributed by atoms with Gasteiger partial charge in [-0.25, -0.2) is 0 Å². The van der Waals surface area contributed by atoms with Gasteiger partial charge in [-0.2, -0.15) is 0 Å². The van der Waals surface area contributed by atoms with Crippen LogP contribution in [-0.2, 0) is 11.3 Å². The number of benzene rings is 1. The standard InChI is InChI=1S/C18H24N2O3/c1-12-10-20(18(21)13-5-6-13)8-7-15(12)19-9-14-3-2-4-16-17(14)23-11-22-16/h2-4,12-13,15,19H,5-11H2,1H3/t12-,15+/m0/s1. The van der Waals surface area contributed by atoms with E-state index in [9.17, 15) is 4.79 Å². The maximum atomic E-state index is 12.2. The largest absolute Gasteiger partial charge is 0.454 e. The van der Waals surface area contributed by atoms with Crippen molar-refractivity contribution in [2.24, 2.45) is 11.8 Å². The lowest BCUT2D eigenvalue weighted by Gasteiger charge is -2.37. The maximum absolute atomic E-state index is 12.2. The van der Waals surface area contributed by atoms with E-state index >= 15 is 0 Å². The number of likely N-dealkylation sites (tertiary alicyclic amines) is 1. The lowest BCUT2D eigenvalue weighted by molar-refractivity contribution is -0.134. The van der Waals surface area contributed by atoms with Gasteiger partial charge in [0.15, 0.2) is 11.5 Å². The molecule has 5 heteroatoms. The van der Waals surface area contributed by atoms with Gasteiger partial charge in [-0.15, -0.1) is 0 Å². The van der Waals surface area contributed by atoms with Crippen molar-refractivity contribution in [3.05, 3.63) is 23.8 Å². The molecular formula is C18H24N2O3. The van der Waals surface area contributed by atoms with Crippen LogP contribution in [0.2, 0.25) is 0 Å². The van der Waals surface area contributed by atoms with E-state index in [2.05, 4.69) is 23.2 Å². The number of fused-ring (bicyclic) bond motifs is 1. The summed E-state index contributed by atoms with van der Waals surface area (Å²) in [5.41, 5.74) is 1.14. The van der Waals surface area contributed by atoms with Gasteiger partial charge in [0, 0.05) is 37.2 Å². The molecule has 23 heavy (non-hydrogen) atoms. The molecular weight excluding hydrogens is 292 g/mol. The summed E-state index contributed by atoms with van der Waals surface area (Å²) in [6.07, 6.45) is 3.20. The van der Waals surface area contributed by atoms with Gasteiger partial charge >= 0.3 is 0 Å². The zero-order valence-electron chi connectivity index (χ0n) is 13.6. The number of piperidine rings is 1. The Kier molecular flexibility index (Phi) is 3.89. The van der Waals surface area contributed by atoms with Gasteiger partial charge in [-0.05, 0) is 31.2 Å². The van der Waals surface area contributed by atoms with Gasteiger partial charge in [0.1, 0.15) is 0 Å². The SMILES string of the molecule is C[C@H]1CN(C(=O)C2CC2)CC[C@H]1NCc1cccc2c1OCO2. The number of rotatable bonds is 4. The number of para-hydroxylation sites is 1. The molecule has 1 aliphatic carbocycles. The van der Waals surface area contributed by atoms with Crippen molar-refractivity contribution in [1.82, 2.24) is 10.2 Å². The van der Waals surface area contributed by atoms with Crippen molar-refractivity contribution in [1.29, 1.82) is 0 Å². The topological polar surface area (TPSA) is 50.8 Å². The van der Waals surface area contributed by atoms with Crippen molar-refractivity contribution < 1.29 is 14.3 Å². The highest BCUT2D eigenvalue weighted by atomic mass is 16.7. The highest BCUT2D eigenvalue weighted by Gasteiger charge is 2.36. The minimum atomic E-state index is 0.310. The summed E-state index contributed by atoms with van der Waals surface area (Å²) in [5.74, 6) is 2.88. The molecule has 1 N–H and O–H groups in total. The van der Waals surface area contributed by atoms with Crippen LogP contribution in [-0.4, -0.2) is 36.7 Å². The Morgan fingerprint density at radius 3 is 2.96 bits per heavy atom. The highest BCUT2D eigenvalue weighted by Crippen LogP contribution is 2.36. The van der Waals surface area contributed by atoms with Crippen LogP contribution >= 0.6 is 0 Å². The first-order chi connectivity index (χ1) is 11.2. The fourth-order valence-corrected chi connectivity index (χ4v) is 3.61. The molecule has 0 radical (unpaired) electrons. The number of hydrogen-bond acceptors (Lipinski definition) is 4. The molecule has 0 bridgehead atoms. The minimum Gasteiger partial charge on any atom is -0.454 e. The normalized spacial score (nSPS) is 26.4. The monoisotopic (exact) mass is 316 g/mol. The van der Waals surface area contributed by atoms with E-state index < -0.39 is 0 Å². The maximum Gasteiger partial charge on any atom is 0.231 e. The first kappa shape index (κ1) is 14.8. The second kappa shape index (κ2) is 6.04. The zero-order valence-corrected chi connectivity index (χ0v) is 13.6. The van der Waals surface area contributed by atoms with E-state index in [0.29, 0.717) is 30.6 Å². The third kappa shape index (κ3) is 3.02. The zero-order chi connectivity index (χ0) is 15.8. The van der Waals surface area contributed by atoms with Crippen molar-refractivity contribution in [3.63, 3.8) is 0 Å². The first-order valence-corrected chi connectivity index (χ1v) is 8.62. The second-order valence-corrected chi connectivity index (χ2v) is 6.96. The van der Waals surface area contributed by atoms with Crippen LogP contribution in [0.1, 0.15) is 31.7 Å². The number of ether oxygens (including phenoxy) is 2. The molecule has 2 heterocycles. The number of amides is 1. The van der Waals surface area contributed by atoms with Crippen LogP contribution in [0.5, 0.6) is 11.5 Å². The fraction of sp³-hybridized carbons (Fsp3) is 0.611. The van der Waals surface area contributed by atoms with Gasteiger partial charge < -0.3 is 19.7 Å². The summed E-state index contributed by atoms with van der Waals surface area (Å²) in [4.78, 5) is 14.3. The van der Waals surface area contributed by atoms with Crippen LogP contribution in [0.15, 0.2) is 18.2 Å².